The van der Waals surface area contributed by atoms with E-state index in [9.17, 15) is 4.79 Å². The average Bonchev–Trinajstić information content (AvgIpc) is 2.41. The summed E-state index contributed by atoms with van der Waals surface area (Å²) in [4.78, 5) is 13.7. The first-order valence-corrected chi connectivity index (χ1v) is 6.11. The summed E-state index contributed by atoms with van der Waals surface area (Å²) in [7, 11) is 1.66. The fourth-order valence-corrected chi connectivity index (χ4v) is 1.81. The molecule has 0 bridgehead atoms. The van der Waals surface area contributed by atoms with Crippen LogP contribution in [0.3, 0.4) is 0 Å². The number of rotatable bonds is 1. The first-order chi connectivity index (χ1) is 7.92. The van der Waals surface area contributed by atoms with E-state index in [0.29, 0.717) is 6.54 Å². The van der Waals surface area contributed by atoms with Gasteiger partial charge in [-0.25, -0.2) is 4.79 Å². The largest absolute Gasteiger partial charge is 0.504 e. The number of hydrogen-bond donors (Lipinski definition) is 0. The van der Waals surface area contributed by atoms with Crippen molar-refractivity contribution in [3.8, 4) is 0 Å². The van der Waals surface area contributed by atoms with Crippen LogP contribution < -0.4 is 0 Å². The molecule has 1 heterocycles. The average molecular weight is 241 g/mol. The van der Waals surface area contributed by atoms with Gasteiger partial charge in [-0.1, -0.05) is 0 Å². The molecule has 0 aromatic carbocycles. The minimum Gasteiger partial charge on any atom is -0.504 e. The SMILES string of the molecule is COC=C1CCCN(C(=O)OC(C)(C)C)CC1. The van der Waals surface area contributed by atoms with Crippen molar-refractivity contribution in [3.63, 3.8) is 0 Å². The zero-order valence-corrected chi connectivity index (χ0v) is 11.3. The fraction of sp³-hybridized carbons (Fsp3) is 0.769. The first-order valence-electron chi connectivity index (χ1n) is 6.11. The van der Waals surface area contributed by atoms with E-state index in [1.165, 1.54) is 5.57 Å². The van der Waals surface area contributed by atoms with Crippen LogP contribution in [0.15, 0.2) is 11.8 Å². The molecule has 0 atom stereocenters. The van der Waals surface area contributed by atoms with Crippen molar-refractivity contribution < 1.29 is 14.3 Å². The maximum Gasteiger partial charge on any atom is 0.410 e. The van der Waals surface area contributed by atoms with Gasteiger partial charge in [-0.15, -0.1) is 0 Å². The monoisotopic (exact) mass is 241 g/mol. The van der Waals surface area contributed by atoms with Gasteiger partial charge in [-0.05, 0) is 45.6 Å². The summed E-state index contributed by atoms with van der Waals surface area (Å²) in [6.45, 7) is 7.14. The number of carbonyl (C=O) groups is 1. The molecule has 1 amide bonds. The van der Waals surface area contributed by atoms with Crippen molar-refractivity contribution in [1.82, 2.24) is 4.90 Å². The predicted octanol–water partition coefficient (Wildman–Crippen LogP) is 2.94. The molecule has 0 spiro atoms. The standard InChI is InChI=1S/C13H23NO3/c1-13(2,3)17-12(15)14-8-5-6-11(7-9-14)10-16-4/h10H,5-9H2,1-4H3. The third-order valence-electron chi connectivity index (χ3n) is 2.56. The number of methoxy groups -OCH3 is 1. The summed E-state index contributed by atoms with van der Waals surface area (Å²) in [6.07, 6.45) is 4.41. The summed E-state index contributed by atoms with van der Waals surface area (Å²) in [5, 5.41) is 0. The van der Waals surface area contributed by atoms with Crippen LogP contribution in [0.25, 0.3) is 0 Å². The smallest absolute Gasteiger partial charge is 0.410 e. The van der Waals surface area contributed by atoms with Crippen LogP contribution >= 0.6 is 0 Å². The van der Waals surface area contributed by atoms with Crippen LogP contribution in [0.1, 0.15) is 40.0 Å². The number of nitrogens with zero attached hydrogens (tertiary/aromatic N) is 1. The number of amides is 1. The van der Waals surface area contributed by atoms with Crippen molar-refractivity contribution in [2.75, 3.05) is 20.2 Å². The van der Waals surface area contributed by atoms with Gasteiger partial charge in [0.2, 0.25) is 0 Å². The second-order valence-electron chi connectivity index (χ2n) is 5.33. The lowest BCUT2D eigenvalue weighted by Crippen LogP contribution is -2.37. The molecule has 0 aliphatic carbocycles. The highest BCUT2D eigenvalue weighted by Crippen LogP contribution is 2.18. The molecular weight excluding hydrogens is 218 g/mol. The summed E-state index contributed by atoms with van der Waals surface area (Å²) < 4.78 is 10.4. The molecule has 98 valence electrons. The summed E-state index contributed by atoms with van der Waals surface area (Å²) in [5.41, 5.74) is 0.841. The number of carbonyl (C=O) groups excluding carboxylic acids is 1. The van der Waals surface area contributed by atoms with Gasteiger partial charge >= 0.3 is 6.09 Å². The van der Waals surface area contributed by atoms with Gasteiger partial charge in [0.1, 0.15) is 5.60 Å². The Morgan fingerprint density at radius 3 is 2.59 bits per heavy atom. The first kappa shape index (κ1) is 13.9. The molecule has 0 aromatic heterocycles. The van der Waals surface area contributed by atoms with Gasteiger partial charge in [-0.2, -0.15) is 0 Å². The topological polar surface area (TPSA) is 38.8 Å². The fourth-order valence-electron chi connectivity index (χ4n) is 1.81. The quantitative estimate of drug-likeness (QED) is 0.662. The van der Waals surface area contributed by atoms with Gasteiger partial charge in [0.15, 0.2) is 0 Å². The lowest BCUT2D eigenvalue weighted by atomic mass is 10.1. The lowest BCUT2D eigenvalue weighted by molar-refractivity contribution is 0.0258. The van der Waals surface area contributed by atoms with Crippen molar-refractivity contribution in [1.29, 1.82) is 0 Å². The van der Waals surface area contributed by atoms with Crippen LogP contribution in [0.5, 0.6) is 0 Å². The zero-order valence-electron chi connectivity index (χ0n) is 11.3. The Balaban J connectivity index is 2.51. The lowest BCUT2D eigenvalue weighted by Gasteiger charge is -2.26. The van der Waals surface area contributed by atoms with E-state index in [-0.39, 0.29) is 6.09 Å². The Labute approximate surface area is 104 Å². The van der Waals surface area contributed by atoms with Gasteiger partial charge in [0, 0.05) is 13.1 Å². The highest BCUT2D eigenvalue weighted by molar-refractivity contribution is 5.68. The number of likely N-dealkylation sites (tertiary alicyclic amines) is 1. The van der Waals surface area contributed by atoms with Crippen LogP contribution in [0, 0.1) is 0 Å². The minimum absolute atomic E-state index is 0.212. The molecule has 0 unspecified atom stereocenters. The summed E-state index contributed by atoms with van der Waals surface area (Å²) in [6, 6.07) is 0. The second kappa shape index (κ2) is 5.94. The van der Waals surface area contributed by atoms with E-state index < -0.39 is 5.60 Å². The molecule has 4 nitrogen and oxygen atoms in total. The Hall–Kier alpha value is -1.19. The molecule has 4 heteroatoms. The minimum atomic E-state index is -0.422. The molecule has 1 aliphatic rings. The molecule has 0 radical (unpaired) electrons. The van der Waals surface area contributed by atoms with Crippen molar-refractivity contribution in [3.05, 3.63) is 11.8 Å². The van der Waals surface area contributed by atoms with E-state index in [2.05, 4.69) is 0 Å². The summed E-state index contributed by atoms with van der Waals surface area (Å²) in [5.74, 6) is 0. The van der Waals surface area contributed by atoms with Gasteiger partial charge in [-0.3, -0.25) is 0 Å². The Morgan fingerprint density at radius 2 is 2.00 bits per heavy atom. The maximum absolute atomic E-state index is 11.9. The van der Waals surface area contributed by atoms with E-state index in [1.807, 2.05) is 20.8 Å². The molecule has 0 saturated carbocycles. The molecule has 1 aliphatic heterocycles. The zero-order chi connectivity index (χ0) is 12.9. The summed E-state index contributed by atoms with van der Waals surface area (Å²) >= 11 is 0. The van der Waals surface area contributed by atoms with Crippen LogP contribution in [0.4, 0.5) is 4.79 Å². The third kappa shape index (κ3) is 5.11. The van der Waals surface area contributed by atoms with E-state index in [4.69, 9.17) is 9.47 Å². The molecule has 1 fully saturated rings. The van der Waals surface area contributed by atoms with Crippen molar-refractivity contribution in [2.45, 2.75) is 45.6 Å². The van der Waals surface area contributed by atoms with Crippen molar-refractivity contribution >= 4 is 6.09 Å². The number of hydrogen-bond acceptors (Lipinski definition) is 3. The van der Waals surface area contributed by atoms with E-state index >= 15 is 0 Å². The highest BCUT2D eigenvalue weighted by Gasteiger charge is 2.23. The predicted molar refractivity (Wildman–Crippen MR) is 66.8 cm³/mol. The maximum atomic E-state index is 11.9. The molecule has 1 saturated heterocycles. The molecule has 17 heavy (non-hydrogen) atoms. The number of ether oxygens (including phenoxy) is 2. The highest BCUT2D eigenvalue weighted by atomic mass is 16.6. The molecule has 1 rings (SSSR count). The van der Waals surface area contributed by atoms with E-state index in [1.54, 1.807) is 18.3 Å². The Morgan fingerprint density at radius 1 is 1.29 bits per heavy atom. The van der Waals surface area contributed by atoms with Crippen LogP contribution in [0.2, 0.25) is 0 Å². The van der Waals surface area contributed by atoms with Gasteiger partial charge < -0.3 is 14.4 Å². The normalized spacial score (nSPS) is 20.0. The molecule has 0 N–H and O–H groups in total. The van der Waals surface area contributed by atoms with Crippen LogP contribution in [-0.2, 0) is 9.47 Å². The Bertz CT molecular complexity index is 292. The van der Waals surface area contributed by atoms with Crippen LogP contribution in [-0.4, -0.2) is 36.8 Å². The Kier molecular flexibility index (Phi) is 4.85. The van der Waals surface area contributed by atoms with E-state index in [0.717, 1.165) is 25.8 Å². The second-order valence-corrected chi connectivity index (χ2v) is 5.33. The van der Waals surface area contributed by atoms with Crippen molar-refractivity contribution in [2.24, 2.45) is 0 Å². The third-order valence-corrected chi connectivity index (χ3v) is 2.56. The van der Waals surface area contributed by atoms with Gasteiger partial charge in [0.25, 0.3) is 0 Å². The molecule has 0 aromatic rings. The van der Waals surface area contributed by atoms with Gasteiger partial charge in [0.05, 0.1) is 13.4 Å². The molecular formula is C13H23NO3.